The van der Waals surface area contributed by atoms with Crippen LogP contribution in [0.3, 0.4) is 0 Å². The van der Waals surface area contributed by atoms with Gasteiger partial charge in [-0.3, -0.25) is 4.79 Å². The van der Waals surface area contributed by atoms with Crippen molar-refractivity contribution in [2.75, 3.05) is 12.4 Å². The van der Waals surface area contributed by atoms with Crippen molar-refractivity contribution < 1.29 is 19.1 Å². The van der Waals surface area contributed by atoms with Gasteiger partial charge in [-0.1, -0.05) is 36.4 Å². The van der Waals surface area contributed by atoms with Crippen LogP contribution >= 0.6 is 0 Å². The third kappa shape index (κ3) is 4.33. The second-order valence-corrected chi connectivity index (χ2v) is 5.73. The number of hydrogen-bond acceptors (Lipinski definition) is 5. The number of anilines is 1. The largest absolute Gasteiger partial charge is 0.493 e. The van der Waals surface area contributed by atoms with Gasteiger partial charge in [0, 0.05) is 5.69 Å². The van der Waals surface area contributed by atoms with Crippen LogP contribution < -0.4 is 10.1 Å². The molecule has 0 unspecified atom stereocenters. The van der Waals surface area contributed by atoms with E-state index in [1.165, 1.54) is 18.7 Å². The summed E-state index contributed by atoms with van der Waals surface area (Å²) in [5, 5.41) is 6.92. The number of benzene rings is 2. The number of carbonyl (C=O) groups is 2. The third-order valence-corrected chi connectivity index (χ3v) is 3.81. The molecule has 0 saturated carbocycles. The molecule has 1 amide bonds. The van der Waals surface area contributed by atoms with Crippen LogP contribution in [0.25, 0.3) is 5.69 Å². The Morgan fingerprint density at radius 1 is 1.04 bits per heavy atom. The lowest BCUT2D eigenvalue weighted by molar-refractivity contribution is -0.123. The predicted octanol–water partition coefficient (Wildman–Crippen LogP) is 3.06. The molecule has 0 spiro atoms. The van der Waals surface area contributed by atoms with Crippen molar-refractivity contribution in [3.63, 3.8) is 0 Å². The number of aromatic nitrogens is 2. The number of nitrogens with zero attached hydrogens (tertiary/aromatic N) is 2. The number of rotatable bonds is 6. The van der Waals surface area contributed by atoms with Crippen LogP contribution in [0.1, 0.15) is 17.4 Å². The highest BCUT2D eigenvalue weighted by Gasteiger charge is 2.24. The lowest BCUT2D eigenvalue weighted by atomic mass is 10.3. The van der Waals surface area contributed by atoms with Gasteiger partial charge in [0.05, 0.1) is 19.0 Å². The van der Waals surface area contributed by atoms with E-state index < -0.39 is 18.0 Å². The maximum Gasteiger partial charge on any atom is 0.363 e. The summed E-state index contributed by atoms with van der Waals surface area (Å²) >= 11 is 0. The van der Waals surface area contributed by atoms with Crippen molar-refractivity contribution in [3.05, 3.63) is 72.6 Å². The van der Waals surface area contributed by atoms with E-state index in [1.54, 1.807) is 30.5 Å². The summed E-state index contributed by atoms with van der Waals surface area (Å²) in [6.07, 6.45) is 0.588. The number of amides is 1. The zero-order valence-electron chi connectivity index (χ0n) is 15.0. The van der Waals surface area contributed by atoms with Crippen molar-refractivity contribution in [2.45, 2.75) is 13.0 Å². The summed E-state index contributed by atoms with van der Waals surface area (Å²) in [6.45, 7) is 1.50. The van der Waals surface area contributed by atoms with E-state index in [0.29, 0.717) is 5.69 Å². The quantitative estimate of drug-likeness (QED) is 0.679. The molecular formula is C20H19N3O4. The maximum atomic E-state index is 12.5. The summed E-state index contributed by atoms with van der Waals surface area (Å²) in [4.78, 5) is 24.7. The van der Waals surface area contributed by atoms with Crippen LogP contribution in [0.5, 0.6) is 5.75 Å². The van der Waals surface area contributed by atoms with Crippen molar-refractivity contribution in [3.8, 4) is 11.4 Å². The SMILES string of the molecule is COc1cn(-c2ccccc2)nc1C(=O)O[C@H](C)C(=O)Nc1ccccc1. The fourth-order valence-electron chi connectivity index (χ4n) is 2.40. The zero-order chi connectivity index (χ0) is 19.2. The van der Waals surface area contributed by atoms with Crippen LogP contribution in [0.15, 0.2) is 66.9 Å². The molecule has 0 aliphatic carbocycles. The van der Waals surface area contributed by atoms with Crippen LogP contribution in [-0.2, 0) is 9.53 Å². The van der Waals surface area contributed by atoms with Gasteiger partial charge in [0.25, 0.3) is 5.91 Å². The van der Waals surface area contributed by atoms with E-state index in [9.17, 15) is 9.59 Å². The van der Waals surface area contributed by atoms with Crippen molar-refractivity contribution >= 4 is 17.6 Å². The van der Waals surface area contributed by atoms with Crippen LogP contribution in [-0.4, -0.2) is 34.9 Å². The number of esters is 1. The molecule has 3 rings (SSSR count). The molecule has 0 aliphatic rings. The highest BCUT2D eigenvalue weighted by molar-refractivity contribution is 5.97. The topological polar surface area (TPSA) is 82.5 Å². The molecule has 0 fully saturated rings. The molecule has 7 nitrogen and oxygen atoms in total. The standard InChI is InChI=1S/C20H19N3O4/c1-14(19(24)21-15-9-5-3-6-10-15)27-20(25)18-17(26-2)13-23(22-18)16-11-7-4-8-12-16/h3-14H,1-2H3,(H,21,24)/t14-/m1/s1. The molecule has 1 aromatic heterocycles. The summed E-state index contributed by atoms with van der Waals surface area (Å²) < 4.78 is 12.0. The normalized spacial score (nSPS) is 11.5. The number of nitrogens with one attached hydrogen (secondary N) is 1. The van der Waals surface area contributed by atoms with E-state index in [4.69, 9.17) is 9.47 Å². The summed E-state index contributed by atoms with van der Waals surface area (Å²) in [5.41, 5.74) is 1.39. The maximum absolute atomic E-state index is 12.5. The Labute approximate surface area is 156 Å². The molecule has 138 valence electrons. The Hall–Kier alpha value is -3.61. The average molecular weight is 365 g/mol. The molecule has 2 aromatic carbocycles. The average Bonchev–Trinajstić information content (AvgIpc) is 3.14. The van der Waals surface area contributed by atoms with Crippen molar-refractivity contribution in [1.29, 1.82) is 0 Å². The molecule has 0 radical (unpaired) electrons. The minimum Gasteiger partial charge on any atom is -0.493 e. The van der Waals surface area contributed by atoms with E-state index in [2.05, 4.69) is 10.4 Å². The number of methoxy groups -OCH3 is 1. The van der Waals surface area contributed by atoms with E-state index in [-0.39, 0.29) is 11.4 Å². The van der Waals surface area contributed by atoms with E-state index in [0.717, 1.165) is 5.69 Å². The van der Waals surface area contributed by atoms with Gasteiger partial charge in [-0.05, 0) is 31.2 Å². The molecule has 0 aliphatic heterocycles. The van der Waals surface area contributed by atoms with Gasteiger partial charge in [-0.25, -0.2) is 9.48 Å². The fraction of sp³-hybridized carbons (Fsp3) is 0.150. The van der Waals surface area contributed by atoms with Gasteiger partial charge in [0.2, 0.25) is 5.69 Å². The smallest absolute Gasteiger partial charge is 0.363 e. The molecule has 27 heavy (non-hydrogen) atoms. The van der Waals surface area contributed by atoms with Gasteiger partial charge in [0.15, 0.2) is 11.9 Å². The number of ether oxygens (including phenoxy) is 2. The lowest BCUT2D eigenvalue weighted by Crippen LogP contribution is -2.30. The zero-order valence-corrected chi connectivity index (χ0v) is 15.0. The van der Waals surface area contributed by atoms with Crippen LogP contribution in [0.2, 0.25) is 0 Å². The van der Waals surface area contributed by atoms with Gasteiger partial charge in [-0.15, -0.1) is 0 Å². The Morgan fingerprint density at radius 3 is 2.30 bits per heavy atom. The molecule has 0 saturated heterocycles. The Morgan fingerprint density at radius 2 is 1.67 bits per heavy atom. The second kappa shape index (κ2) is 8.18. The Bertz CT molecular complexity index is 923. The number of para-hydroxylation sites is 2. The minimum absolute atomic E-state index is 0.000661. The molecule has 1 N–H and O–H groups in total. The van der Waals surface area contributed by atoms with Gasteiger partial charge < -0.3 is 14.8 Å². The first-order chi connectivity index (χ1) is 13.1. The van der Waals surface area contributed by atoms with E-state index in [1.807, 2.05) is 36.4 Å². The Balaban J connectivity index is 1.72. The van der Waals surface area contributed by atoms with Gasteiger partial charge in [-0.2, -0.15) is 5.10 Å². The van der Waals surface area contributed by atoms with Crippen LogP contribution in [0, 0.1) is 0 Å². The number of carbonyl (C=O) groups excluding carboxylic acids is 2. The van der Waals surface area contributed by atoms with Crippen molar-refractivity contribution in [1.82, 2.24) is 9.78 Å². The lowest BCUT2D eigenvalue weighted by Gasteiger charge is -2.13. The minimum atomic E-state index is -0.996. The summed E-state index contributed by atoms with van der Waals surface area (Å²) in [5.74, 6) is -0.909. The molecule has 1 atom stereocenters. The Kier molecular flexibility index (Phi) is 5.51. The summed E-state index contributed by atoms with van der Waals surface area (Å²) in [6, 6.07) is 18.2. The molecule has 1 heterocycles. The van der Waals surface area contributed by atoms with Gasteiger partial charge >= 0.3 is 5.97 Å². The second-order valence-electron chi connectivity index (χ2n) is 5.73. The molecule has 0 bridgehead atoms. The molecule has 3 aromatic rings. The number of hydrogen-bond donors (Lipinski definition) is 1. The monoisotopic (exact) mass is 365 g/mol. The highest BCUT2D eigenvalue weighted by atomic mass is 16.6. The molecule has 7 heteroatoms. The first-order valence-electron chi connectivity index (χ1n) is 8.34. The molecular weight excluding hydrogens is 346 g/mol. The van der Waals surface area contributed by atoms with Crippen LogP contribution in [0.4, 0.5) is 5.69 Å². The fourth-order valence-corrected chi connectivity index (χ4v) is 2.40. The van der Waals surface area contributed by atoms with Gasteiger partial charge in [0.1, 0.15) is 0 Å². The first-order valence-corrected chi connectivity index (χ1v) is 8.34. The van der Waals surface area contributed by atoms with Crippen molar-refractivity contribution in [2.24, 2.45) is 0 Å². The first kappa shape index (κ1) is 18.2. The van der Waals surface area contributed by atoms with E-state index >= 15 is 0 Å². The third-order valence-electron chi connectivity index (χ3n) is 3.81. The highest BCUT2D eigenvalue weighted by Crippen LogP contribution is 2.21. The summed E-state index contributed by atoms with van der Waals surface area (Å²) in [7, 11) is 1.44. The predicted molar refractivity (Wildman–Crippen MR) is 100 cm³/mol.